The number of methoxy groups -OCH3 is 2. The normalized spacial score (nSPS) is 15.6. The number of hydrogen-bond donors (Lipinski definition) is 1. The van der Waals surface area contributed by atoms with Gasteiger partial charge in [-0.2, -0.15) is 0 Å². The topological polar surface area (TPSA) is 71.6 Å². The highest BCUT2D eigenvalue weighted by molar-refractivity contribution is 5.84. The van der Waals surface area contributed by atoms with Gasteiger partial charge in [-0.05, 0) is 66.6 Å². The van der Waals surface area contributed by atoms with Gasteiger partial charge in [0.1, 0.15) is 0 Å². The number of pyridine rings is 1. The number of hydrogen-bond acceptors (Lipinski definition) is 4. The molecule has 162 valence electrons. The van der Waals surface area contributed by atoms with Crippen LogP contribution in [0.4, 0.5) is 0 Å². The first-order valence-corrected chi connectivity index (χ1v) is 10.6. The third-order valence-corrected chi connectivity index (χ3v) is 6.11. The second-order valence-electron chi connectivity index (χ2n) is 8.10. The van der Waals surface area contributed by atoms with Crippen LogP contribution >= 0.6 is 0 Å². The fourth-order valence-corrected chi connectivity index (χ4v) is 4.66. The van der Waals surface area contributed by atoms with Gasteiger partial charge < -0.3 is 19.4 Å². The molecule has 1 aliphatic rings. The van der Waals surface area contributed by atoms with E-state index >= 15 is 0 Å². The summed E-state index contributed by atoms with van der Waals surface area (Å²) in [6.45, 7) is 6.42. The number of carbonyl (C=O) groups is 1. The molecule has 3 aromatic rings. The van der Waals surface area contributed by atoms with Crippen molar-refractivity contribution in [2.24, 2.45) is 0 Å². The van der Waals surface area contributed by atoms with E-state index in [0.29, 0.717) is 36.4 Å². The minimum Gasteiger partial charge on any atom is -0.493 e. The molecule has 1 amide bonds. The van der Waals surface area contributed by atoms with Crippen molar-refractivity contribution in [3.63, 3.8) is 0 Å². The van der Waals surface area contributed by atoms with Crippen molar-refractivity contribution in [2.75, 3.05) is 20.8 Å². The van der Waals surface area contributed by atoms with Gasteiger partial charge in [0, 0.05) is 18.5 Å². The van der Waals surface area contributed by atoms with Gasteiger partial charge in [0.05, 0.1) is 25.8 Å². The Morgan fingerprint density at radius 3 is 2.45 bits per heavy atom. The molecular weight excluding hydrogens is 392 g/mol. The van der Waals surface area contributed by atoms with Crippen LogP contribution in [0, 0.1) is 13.8 Å². The summed E-state index contributed by atoms with van der Waals surface area (Å²) in [4.78, 5) is 31.0. The number of amides is 1. The highest BCUT2D eigenvalue weighted by Crippen LogP contribution is 2.41. The molecule has 0 fully saturated rings. The summed E-state index contributed by atoms with van der Waals surface area (Å²) < 4.78 is 11.0. The number of ether oxygens (including phenoxy) is 2. The quantitative estimate of drug-likeness (QED) is 0.691. The minimum absolute atomic E-state index is 0.0188. The van der Waals surface area contributed by atoms with Crippen LogP contribution < -0.4 is 15.0 Å². The van der Waals surface area contributed by atoms with E-state index < -0.39 is 6.04 Å². The molecule has 1 N–H and O–H groups in total. The predicted octanol–water partition coefficient (Wildman–Crippen LogP) is 4.05. The van der Waals surface area contributed by atoms with E-state index in [1.165, 1.54) is 0 Å². The molecule has 1 atom stereocenters. The lowest BCUT2D eigenvalue weighted by Crippen LogP contribution is -2.42. The van der Waals surface area contributed by atoms with Crippen molar-refractivity contribution < 1.29 is 14.3 Å². The smallest absolute Gasteiger partial charge is 0.254 e. The number of aromatic nitrogens is 1. The van der Waals surface area contributed by atoms with Crippen LogP contribution in [0.3, 0.4) is 0 Å². The lowest BCUT2D eigenvalue weighted by Gasteiger charge is -2.37. The molecule has 0 radical (unpaired) electrons. The van der Waals surface area contributed by atoms with Crippen molar-refractivity contribution in [3.8, 4) is 11.5 Å². The van der Waals surface area contributed by atoms with Crippen LogP contribution in [0.25, 0.3) is 10.9 Å². The summed E-state index contributed by atoms with van der Waals surface area (Å²) in [5.41, 5.74) is 5.32. The van der Waals surface area contributed by atoms with Gasteiger partial charge in [0.25, 0.3) is 5.56 Å². The minimum atomic E-state index is -0.482. The Bertz CT molecular complexity index is 1230. The zero-order chi connectivity index (χ0) is 22.3. The number of nitrogens with one attached hydrogen (secondary N) is 1. The maximum atomic E-state index is 13.3. The molecule has 0 aliphatic carbocycles. The number of benzene rings is 2. The Labute approximate surface area is 181 Å². The first kappa shape index (κ1) is 21.0. The maximum absolute atomic E-state index is 13.3. The van der Waals surface area contributed by atoms with Gasteiger partial charge in [-0.15, -0.1) is 0 Å². The molecule has 2 heterocycles. The summed E-state index contributed by atoms with van der Waals surface area (Å²) in [5.74, 6) is 1.25. The average molecular weight is 421 g/mol. The van der Waals surface area contributed by atoms with Gasteiger partial charge >= 0.3 is 0 Å². The molecule has 31 heavy (non-hydrogen) atoms. The molecule has 0 saturated carbocycles. The second-order valence-corrected chi connectivity index (χ2v) is 8.10. The largest absolute Gasteiger partial charge is 0.493 e. The number of aryl methyl sites for hydroxylation is 2. The summed E-state index contributed by atoms with van der Waals surface area (Å²) in [7, 11) is 3.20. The van der Waals surface area contributed by atoms with E-state index in [0.717, 1.165) is 33.2 Å². The van der Waals surface area contributed by atoms with Crippen LogP contribution in [-0.4, -0.2) is 36.6 Å². The summed E-state index contributed by atoms with van der Waals surface area (Å²) in [6, 6.07) is 9.42. The molecule has 6 nitrogen and oxygen atoms in total. The molecule has 0 bridgehead atoms. The number of H-pyrrole nitrogens is 1. The number of fused-ring (bicyclic) bond motifs is 2. The van der Waals surface area contributed by atoms with E-state index in [1.807, 2.05) is 43.9 Å². The molecule has 4 rings (SSSR count). The second kappa shape index (κ2) is 8.10. The first-order valence-electron chi connectivity index (χ1n) is 10.6. The van der Waals surface area contributed by atoms with Crippen LogP contribution in [-0.2, 0) is 11.2 Å². The predicted molar refractivity (Wildman–Crippen MR) is 121 cm³/mol. The number of rotatable bonds is 4. The Morgan fingerprint density at radius 1 is 1.06 bits per heavy atom. The van der Waals surface area contributed by atoms with Crippen molar-refractivity contribution in [1.82, 2.24) is 9.88 Å². The highest BCUT2D eigenvalue weighted by atomic mass is 16.5. The number of aromatic amines is 1. The SMILES string of the molecule is CCC(=O)N1CCc2cc(OC)c(OC)cc2[C@@H]1c1cc2cc(C)cc(C)c2[nH]c1=O. The molecule has 0 spiro atoms. The van der Waals surface area contributed by atoms with Crippen molar-refractivity contribution in [2.45, 2.75) is 39.7 Å². The van der Waals surface area contributed by atoms with Gasteiger partial charge in [0.2, 0.25) is 5.91 Å². The summed E-state index contributed by atoms with van der Waals surface area (Å²) in [5, 5.41) is 0.962. The third kappa shape index (κ3) is 3.56. The molecule has 1 aliphatic heterocycles. The van der Waals surface area contributed by atoms with E-state index in [-0.39, 0.29) is 11.5 Å². The number of carbonyl (C=O) groups excluding carboxylic acids is 1. The lowest BCUT2D eigenvalue weighted by atomic mass is 9.87. The zero-order valence-corrected chi connectivity index (χ0v) is 18.7. The van der Waals surface area contributed by atoms with Crippen molar-refractivity contribution in [1.29, 1.82) is 0 Å². The third-order valence-electron chi connectivity index (χ3n) is 6.11. The first-order chi connectivity index (χ1) is 14.9. The van der Waals surface area contributed by atoms with Crippen LogP contribution in [0.1, 0.15) is 47.2 Å². The highest BCUT2D eigenvalue weighted by Gasteiger charge is 2.34. The van der Waals surface area contributed by atoms with Crippen LogP contribution in [0.15, 0.2) is 35.1 Å². The fraction of sp³-hybridized carbons (Fsp3) is 0.360. The van der Waals surface area contributed by atoms with E-state index in [9.17, 15) is 9.59 Å². The molecule has 6 heteroatoms. The Balaban J connectivity index is 1.99. The molecule has 2 aromatic carbocycles. The van der Waals surface area contributed by atoms with Crippen molar-refractivity contribution in [3.05, 3.63) is 68.5 Å². The Hall–Kier alpha value is -3.28. The number of nitrogens with zero attached hydrogens (tertiary/aromatic N) is 1. The molecule has 0 saturated heterocycles. The molecule has 1 aromatic heterocycles. The standard InChI is InChI=1S/C25H28N2O4/c1-6-22(28)27-8-7-16-12-20(30-4)21(31-5)13-18(16)24(27)19-11-17-10-14(2)9-15(3)23(17)26-25(19)29/h9-13,24H,6-8H2,1-5H3,(H,26,29)/t24-/m1/s1. The van der Waals surface area contributed by atoms with Gasteiger partial charge in [0.15, 0.2) is 11.5 Å². The van der Waals surface area contributed by atoms with Crippen molar-refractivity contribution >= 4 is 16.8 Å². The zero-order valence-electron chi connectivity index (χ0n) is 18.7. The van der Waals surface area contributed by atoms with E-state index in [1.54, 1.807) is 14.2 Å². The Morgan fingerprint density at radius 2 is 1.77 bits per heavy atom. The maximum Gasteiger partial charge on any atom is 0.254 e. The summed E-state index contributed by atoms with van der Waals surface area (Å²) in [6.07, 6.45) is 1.07. The van der Waals surface area contributed by atoms with Gasteiger partial charge in [-0.25, -0.2) is 0 Å². The summed E-state index contributed by atoms with van der Waals surface area (Å²) >= 11 is 0. The monoisotopic (exact) mass is 420 g/mol. The molecular formula is C25H28N2O4. The Kier molecular flexibility index (Phi) is 5.48. The van der Waals surface area contributed by atoms with Crippen LogP contribution in [0.2, 0.25) is 0 Å². The lowest BCUT2D eigenvalue weighted by molar-refractivity contribution is -0.132. The van der Waals surface area contributed by atoms with Gasteiger partial charge in [-0.1, -0.05) is 18.6 Å². The fourth-order valence-electron chi connectivity index (χ4n) is 4.66. The molecule has 0 unspecified atom stereocenters. The van der Waals surface area contributed by atoms with Gasteiger partial charge in [-0.3, -0.25) is 9.59 Å². The van der Waals surface area contributed by atoms with E-state index in [2.05, 4.69) is 17.1 Å². The average Bonchev–Trinajstić information content (AvgIpc) is 2.77. The van der Waals surface area contributed by atoms with E-state index in [4.69, 9.17) is 9.47 Å². The van der Waals surface area contributed by atoms with Crippen LogP contribution in [0.5, 0.6) is 11.5 Å².